The highest BCUT2D eigenvalue weighted by Gasteiger charge is 2.30. The Labute approximate surface area is 152 Å². The quantitative estimate of drug-likeness (QED) is 0.804. The second-order valence-corrected chi connectivity index (χ2v) is 8.27. The highest BCUT2D eigenvalue weighted by Crippen LogP contribution is 2.20. The molecule has 2 atom stereocenters. The number of ether oxygens (including phenoxy) is 1. The fraction of sp³-hybridized carbons (Fsp3) is 0.947. The Morgan fingerprint density at radius 1 is 1.08 bits per heavy atom. The number of amides is 1. The van der Waals surface area contributed by atoms with Crippen LogP contribution in [0.4, 0.5) is 0 Å². The largest absolute Gasteiger partial charge is 0.371 e. The summed E-state index contributed by atoms with van der Waals surface area (Å²) in [6, 6.07) is 0.692. The van der Waals surface area contributed by atoms with Crippen LogP contribution in [-0.2, 0) is 9.53 Å². The van der Waals surface area contributed by atoms with Crippen LogP contribution >= 0.6 is 0 Å². The smallest absolute Gasteiger partial charge is 0.225 e. The molecule has 0 aromatic rings. The molecule has 3 saturated heterocycles. The van der Waals surface area contributed by atoms with Crippen molar-refractivity contribution in [1.29, 1.82) is 0 Å². The number of hydrogen-bond acceptors (Lipinski definition) is 5. The normalized spacial score (nSPS) is 30.8. The van der Waals surface area contributed by atoms with Gasteiger partial charge in [0.15, 0.2) is 0 Å². The number of rotatable bonds is 4. The van der Waals surface area contributed by atoms with Crippen molar-refractivity contribution in [2.45, 2.75) is 51.9 Å². The summed E-state index contributed by atoms with van der Waals surface area (Å²) in [5.74, 6) is 0.429. The molecule has 3 fully saturated rings. The van der Waals surface area contributed by atoms with E-state index in [2.05, 4.69) is 22.0 Å². The van der Waals surface area contributed by atoms with E-state index in [9.17, 15) is 4.79 Å². The molecule has 0 aromatic heterocycles. The molecular weight excluding hydrogens is 316 g/mol. The lowest BCUT2D eigenvalue weighted by molar-refractivity contribution is -0.136. The predicted octanol–water partition coefficient (Wildman–Crippen LogP) is 0.628. The standard InChI is InChI=1S/C19H36N4O2/c1-15(2)19(24)23-10-8-22(9-11-23)17-4-6-21(7-5-17)14-18-13-20-12-16(3)25-18/h15-18,20H,4-14H2,1-3H3/t16-,18+/m1/s1. The number of morpholine rings is 1. The Hall–Kier alpha value is -0.690. The Balaban J connectivity index is 1.37. The van der Waals surface area contributed by atoms with E-state index in [0.717, 1.165) is 45.8 Å². The Morgan fingerprint density at radius 2 is 1.76 bits per heavy atom. The van der Waals surface area contributed by atoms with Gasteiger partial charge in [-0.2, -0.15) is 0 Å². The minimum Gasteiger partial charge on any atom is -0.371 e. The maximum Gasteiger partial charge on any atom is 0.225 e. The Kier molecular flexibility index (Phi) is 6.72. The number of carbonyl (C=O) groups is 1. The van der Waals surface area contributed by atoms with Crippen LogP contribution in [0.3, 0.4) is 0 Å². The summed E-state index contributed by atoms with van der Waals surface area (Å²) >= 11 is 0. The lowest BCUT2D eigenvalue weighted by Crippen LogP contribution is -2.56. The van der Waals surface area contributed by atoms with Crippen LogP contribution in [0.15, 0.2) is 0 Å². The molecule has 0 unspecified atom stereocenters. The van der Waals surface area contributed by atoms with Crippen LogP contribution in [0.5, 0.6) is 0 Å². The minimum absolute atomic E-state index is 0.119. The van der Waals surface area contributed by atoms with E-state index in [0.29, 0.717) is 24.2 Å². The molecule has 6 heteroatoms. The van der Waals surface area contributed by atoms with E-state index in [-0.39, 0.29) is 5.92 Å². The first-order valence-corrected chi connectivity index (χ1v) is 10.1. The summed E-state index contributed by atoms with van der Waals surface area (Å²) < 4.78 is 6.03. The molecule has 3 rings (SSSR count). The highest BCUT2D eigenvalue weighted by molar-refractivity contribution is 5.78. The first kappa shape index (κ1) is 19.1. The van der Waals surface area contributed by atoms with Gasteiger partial charge in [-0.25, -0.2) is 0 Å². The van der Waals surface area contributed by atoms with Crippen molar-refractivity contribution in [3.8, 4) is 0 Å². The van der Waals surface area contributed by atoms with Crippen LogP contribution in [0.25, 0.3) is 0 Å². The van der Waals surface area contributed by atoms with E-state index < -0.39 is 0 Å². The van der Waals surface area contributed by atoms with E-state index in [1.807, 2.05) is 18.7 Å². The maximum atomic E-state index is 12.1. The monoisotopic (exact) mass is 352 g/mol. The topological polar surface area (TPSA) is 48.1 Å². The van der Waals surface area contributed by atoms with Gasteiger partial charge in [0.1, 0.15) is 0 Å². The number of piperazine rings is 1. The molecule has 25 heavy (non-hydrogen) atoms. The SMILES string of the molecule is CC(C)C(=O)N1CCN(C2CCN(C[C@@H]3CNC[C@@H](C)O3)CC2)CC1. The molecule has 1 amide bonds. The average molecular weight is 353 g/mol. The van der Waals surface area contributed by atoms with Gasteiger partial charge in [0.05, 0.1) is 12.2 Å². The van der Waals surface area contributed by atoms with E-state index in [1.54, 1.807) is 0 Å². The average Bonchev–Trinajstić information content (AvgIpc) is 2.62. The van der Waals surface area contributed by atoms with Crippen molar-refractivity contribution in [2.24, 2.45) is 5.92 Å². The molecule has 0 saturated carbocycles. The van der Waals surface area contributed by atoms with Crippen molar-refractivity contribution >= 4 is 5.91 Å². The molecule has 0 bridgehead atoms. The molecule has 0 aromatic carbocycles. The number of carbonyl (C=O) groups excluding carboxylic acids is 1. The van der Waals surface area contributed by atoms with Crippen molar-refractivity contribution < 1.29 is 9.53 Å². The fourth-order valence-electron chi connectivity index (χ4n) is 4.41. The zero-order valence-corrected chi connectivity index (χ0v) is 16.2. The fourth-order valence-corrected chi connectivity index (χ4v) is 4.41. The molecule has 144 valence electrons. The summed E-state index contributed by atoms with van der Waals surface area (Å²) in [5, 5.41) is 3.46. The van der Waals surface area contributed by atoms with E-state index in [4.69, 9.17) is 4.74 Å². The number of hydrogen-bond donors (Lipinski definition) is 1. The second kappa shape index (κ2) is 8.80. The Morgan fingerprint density at radius 3 is 2.36 bits per heavy atom. The molecule has 0 radical (unpaired) electrons. The molecule has 6 nitrogen and oxygen atoms in total. The maximum absolute atomic E-state index is 12.1. The van der Waals surface area contributed by atoms with Gasteiger partial charge < -0.3 is 19.9 Å². The summed E-state index contributed by atoms with van der Waals surface area (Å²) in [7, 11) is 0. The first-order chi connectivity index (χ1) is 12.0. The highest BCUT2D eigenvalue weighted by atomic mass is 16.5. The van der Waals surface area contributed by atoms with Crippen LogP contribution in [0, 0.1) is 5.92 Å². The van der Waals surface area contributed by atoms with Gasteiger partial charge >= 0.3 is 0 Å². The second-order valence-electron chi connectivity index (χ2n) is 8.27. The van der Waals surface area contributed by atoms with Gasteiger partial charge in [0.2, 0.25) is 5.91 Å². The third kappa shape index (κ3) is 5.16. The molecule has 3 aliphatic heterocycles. The molecule has 0 aliphatic carbocycles. The summed E-state index contributed by atoms with van der Waals surface area (Å²) in [4.78, 5) is 19.3. The van der Waals surface area contributed by atoms with Crippen molar-refractivity contribution in [3.63, 3.8) is 0 Å². The van der Waals surface area contributed by atoms with Crippen molar-refractivity contribution in [3.05, 3.63) is 0 Å². The van der Waals surface area contributed by atoms with E-state index in [1.165, 1.54) is 25.9 Å². The molecule has 3 aliphatic rings. The Bertz CT molecular complexity index is 429. The van der Waals surface area contributed by atoms with Crippen LogP contribution in [0.1, 0.15) is 33.6 Å². The molecule has 3 heterocycles. The van der Waals surface area contributed by atoms with Gasteiger partial charge in [-0.15, -0.1) is 0 Å². The van der Waals surface area contributed by atoms with Gasteiger partial charge in [0.25, 0.3) is 0 Å². The minimum atomic E-state index is 0.119. The van der Waals surface area contributed by atoms with Crippen molar-refractivity contribution in [1.82, 2.24) is 20.0 Å². The number of nitrogens with zero attached hydrogens (tertiary/aromatic N) is 3. The van der Waals surface area contributed by atoms with Gasteiger partial charge in [-0.05, 0) is 32.9 Å². The third-order valence-corrected chi connectivity index (χ3v) is 5.88. The van der Waals surface area contributed by atoms with Crippen LogP contribution in [0.2, 0.25) is 0 Å². The molecule has 0 spiro atoms. The van der Waals surface area contributed by atoms with Crippen molar-refractivity contribution in [2.75, 3.05) is 58.9 Å². The number of piperidine rings is 1. The summed E-state index contributed by atoms with van der Waals surface area (Å²) in [6.45, 7) is 15.4. The third-order valence-electron chi connectivity index (χ3n) is 5.88. The molecule has 1 N–H and O–H groups in total. The number of likely N-dealkylation sites (tertiary alicyclic amines) is 1. The zero-order valence-electron chi connectivity index (χ0n) is 16.2. The van der Waals surface area contributed by atoms with Gasteiger partial charge in [-0.1, -0.05) is 13.8 Å². The zero-order chi connectivity index (χ0) is 17.8. The van der Waals surface area contributed by atoms with E-state index >= 15 is 0 Å². The van der Waals surface area contributed by atoms with Crippen LogP contribution < -0.4 is 5.32 Å². The number of nitrogens with one attached hydrogen (secondary N) is 1. The summed E-state index contributed by atoms with van der Waals surface area (Å²) in [6.07, 6.45) is 3.16. The lowest BCUT2D eigenvalue weighted by atomic mass is 10.0. The van der Waals surface area contributed by atoms with Crippen LogP contribution in [-0.4, -0.2) is 97.8 Å². The lowest BCUT2D eigenvalue weighted by Gasteiger charge is -2.43. The summed E-state index contributed by atoms with van der Waals surface area (Å²) in [5.41, 5.74) is 0. The molecular formula is C19H36N4O2. The predicted molar refractivity (Wildman–Crippen MR) is 99.7 cm³/mol. The van der Waals surface area contributed by atoms with Gasteiger partial charge in [0, 0.05) is 57.8 Å². The van der Waals surface area contributed by atoms with Gasteiger partial charge in [-0.3, -0.25) is 9.69 Å². The first-order valence-electron chi connectivity index (χ1n) is 10.1.